The molecule has 1 aromatic rings. The Kier molecular flexibility index (Phi) is 6.08. The van der Waals surface area contributed by atoms with Gasteiger partial charge in [-0.05, 0) is 56.6 Å². The standard InChI is InChI=1S/C15H23F3N2S/c1-12(19-7-4-14-3-2-10-21-14)13-5-8-20(9-6-13)11-15(16,17)18/h2-3,10,12-13,19H,4-9,11H2,1H3. The smallest absolute Gasteiger partial charge is 0.314 e. The molecule has 6 heteroatoms. The highest BCUT2D eigenvalue weighted by atomic mass is 32.1. The second kappa shape index (κ2) is 7.61. The van der Waals surface area contributed by atoms with Crippen molar-refractivity contribution in [2.24, 2.45) is 5.92 Å². The van der Waals surface area contributed by atoms with Crippen LogP contribution >= 0.6 is 11.3 Å². The molecular formula is C15H23F3N2S. The third kappa shape index (κ3) is 5.96. The minimum atomic E-state index is -4.07. The van der Waals surface area contributed by atoms with Crippen molar-refractivity contribution in [2.75, 3.05) is 26.2 Å². The minimum absolute atomic E-state index is 0.373. The second-order valence-corrected chi connectivity index (χ2v) is 6.83. The quantitative estimate of drug-likeness (QED) is 0.862. The van der Waals surface area contributed by atoms with Gasteiger partial charge in [-0.1, -0.05) is 6.07 Å². The van der Waals surface area contributed by atoms with Gasteiger partial charge >= 0.3 is 6.18 Å². The van der Waals surface area contributed by atoms with Crippen molar-refractivity contribution in [3.63, 3.8) is 0 Å². The van der Waals surface area contributed by atoms with Crippen molar-refractivity contribution >= 4 is 11.3 Å². The first kappa shape index (κ1) is 16.8. The summed E-state index contributed by atoms with van der Waals surface area (Å²) < 4.78 is 37.0. The molecule has 1 aromatic heterocycles. The van der Waals surface area contributed by atoms with Gasteiger partial charge in [-0.3, -0.25) is 4.90 Å². The molecule has 2 nitrogen and oxygen atoms in total. The van der Waals surface area contributed by atoms with E-state index in [2.05, 4.69) is 29.8 Å². The molecule has 120 valence electrons. The monoisotopic (exact) mass is 320 g/mol. The van der Waals surface area contributed by atoms with Gasteiger partial charge in [0.25, 0.3) is 0 Å². The molecule has 1 unspecified atom stereocenters. The van der Waals surface area contributed by atoms with E-state index < -0.39 is 12.7 Å². The average Bonchev–Trinajstić information content (AvgIpc) is 2.91. The maximum absolute atomic E-state index is 12.3. The lowest BCUT2D eigenvalue weighted by atomic mass is 9.90. The van der Waals surface area contributed by atoms with E-state index in [1.54, 1.807) is 11.3 Å². The number of alkyl halides is 3. The Morgan fingerprint density at radius 1 is 1.38 bits per heavy atom. The third-order valence-electron chi connectivity index (χ3n) is 4.16. The lowest BCUT2D eigenvalue weighted by molar-refractivity contribution is -0.148. The summed E-state index contributed by atoms with van der Waals surface area (Å²) in [5.41, 5.74) is 0. The van der Waals surface area contributed by atoms with Crippen LogP contribution in [-0.2, 0) is 6.42 Å². The zero-order chi connectivity index (χ0) is 15.3. The van der Waals surface area contributed by atoms with Crippen molar-refractivity contribution < 1.29 is 13.2 Å². The van der Waals surface area contributed by atoms with Crippen LogP contribution in [0.1, 0.15) is 24.6 Å². The molecule has 0 aliphatic carbocycles. The summed E-state index contributed by atoms with van der Waals surface area (Å²) in [7, 11) is 0. The highest BCUT2D eigenvalue weighted by molar-refractivity contribution is 7.09. The molecule has 0 bridgehead atoms. The van der Waals surface area contributed by atoms with Gasteiger partial charge in [0.2, 0.25) is 0 Å². The number of rotatable bonds is 6. The number of nitrogens with zero attached hydrogens (tertiary/aromatic N) is 1. The molecule has 1 atom stereocenters. The van der Waals surface area contributed by atoms with E-state index in [9.17, 15) is 13.2 Å². The molecule has 1 N–H and O–H groups in total. The summed E-state index contributed by atoms with van der Waals surface area (Å²) in [6.45, 7) is 3.44. The molecule has 2 heterocycles. The van der Waals surface area contributed by atoms with Crippen LogP contribution in [0.25, 0.3) is 0 Å². The molecule has 1 fully saturated rings. The van der Waals surface area contributed by atoms with Crippen molar-refractivity contribution in [1.82, 2.24) is 10.2 Å². The highest BCUT2D eigenvalue weighted by Gasteiger charge is 2.33. The van der Waals surface area contributed by atoms with Crippen LogP contribution in [0.4, 0.5) is 13.2 Å². The van der Waals surface area contributed by atoms with Gasteiger partial charge in [-0.2, -0.15) is 13.2 Å². The number of piperidine rings is 1. The number of hydrogen-bond acceptors (Lipinski definition) is 3. The molecular weight excluding hydrogens is 297 g/mol. The number of thiophene rings is 1. The molecule has 0 aromatic carbocycles. The first-order chi connectivity index (χ1) is 9.94. The second-order valence-electron chi connectivity index (χ2n) is 5.80. The van der Waals surface area contributed by atoms with E-state index in [1.165, 1.54) is 9.78 Å². The maximum Gasteiger partial charge on any atom is 0.401 e. The van der Waals surface area contributed by atoms with Gasteiger partial charge in [0.15, 0.2) is 0 Å². The molecule has 0 radical (unpaired) electrons. The SMILES string of the molecule is CC(NCCc1cccs1)C1CCN(CC(F)(F)F)CC1. The minimum Gasteiger partial charge on any atom is -0.314 e. The summed E-state index contributed by atoms with van der Waals surface area (Å²) >= 11 is 1.76. The van der Waals surface area contributed by atoms with E-state index in [0.717, 1.165) is 25.8 Å². The normalized spacial score (nSPS) is 19.8. The highest BCUT2D eigenvalue weighted by Crippen LogP contribution is 2.24. The average molecular weight is 320 g/mol. The summed E-state index contributed by atoms with van der Waals surface area (Å²) in [6.07, 6.45) is -1.35. The number of hydrogen-bond donors (Lipinski definition) is 1. The van der Waals surface area contributed by atoms with Gasteiger partial charge < -0.3 is 5.32 Å². The predicted molar refractivity (Wildman–Crippen MR) is 80.7 cm³/mol. The van der Waals surface area contributed by atoms with Crippen LogP contribution in [0, 0.1) is 5.92 Å². The number of halogens is 3. The van der Waals surface area contributed by atoms with E-state index in [-0.39, 0.29) is 0 Å². The fourth-order valence-electron chi connectivity index (χ4n) is 2.91. The van der Waals surface area contributed by atoms with Crippen LogP contribution < -0.4 is 5.32 Å². The van der Waals surface area contributed by atoms with Gasteiger partial charge in [0, 0.05) is 17.5 Å². The summed E-state index contributed by atoms with van der Waals surface area (Å²) in [4.78, 5) is 2.89. The van der Waals surface area contributed by atoms with E-state index in [4.69, 9.17) is 0 Å². The Morgan fingerprint density at radius 2 is 2.10 bits per heavy atom. The van der Waals surface area contributed by atoms with Gasteiger partial charge in [0.1, 0.15) is 0 Å². The Labute approximate surface area is 128 Å². The van der Waals surface area contributed by atoms with Crippen LogP contribution in [0.3, 0.4) is 0 Å². The predicted octanol–water partition coefficient (Wildman–Crippen LogP) is 3.54. The van der Waals surface area contributed by atoms with Crippen molar-refractivity contribution in [3.8, 4) is 0 Å². The Balaban J connectivity index is 1.64. The largest absolute Gasteiger partial charge is 0.401 e. The fourth-order valence-corrected chi connectivity index (χ4v) is 3.62. The van der Waals surface area contributed by atoms with Gasteiger partial charge in [-0.25, -0.2) is 0 Å². The maximum atomic E-state index is 12.3. The van der Waals surface area contributed by atoms with Crippen LogP contribution in [0.2, 0.25) is 0 Å². The molecule has 1 aliphatic heterocycles. The Bertz CT molecular complexity index is 398. The molecule has 2 rings (SSSR count). The third-order valence-corrected chi connectivity index (χ3v) is 5.10. The van der Waals surface area contributed by atoms with Gasteiger partial charge in [-0.15, -0.1) is 11.3 Å². The molecule has 0 amide bonds. The topological polar surface area (TPSA) is 15.3 Å². The first-order valence-corrected chi connectivity index (χ1v) is 8.37. The lowest BCUT2D eigenvalue weighted by Crippen LogP contribution is -2.45. The molecule has 0 saturated carbocycles. The summed E-state index contributed by atoms with van der Waals surface area (Å²) in [5, 5.41) is 5.60. The van der Waals surface area contributed by atoms with Crippen LogP contribution in [-0.4, -0.2) is 43.3 Å². The summed E-state index contributed by atoms with van der Waals surface area (Å²) in [6, 6.07) is 4.56. The van der Waals surface area contributed by atoms with E-state index in [0.29, 0.717) is 25.0 Å². The lowest BCUT2D eigenvalue weighted by Gasteiger charge is -2.35. The van der Waals surface area contributed by atoms with Crippen molar-refractivity contribution in [2.45, 2.75) is 38.4 Å². The van der Waals surface area contributed by atoms with E-state index in [1.807, 2.05) is 0 Å². The number of nitrogens with one attached hydrogen (secondary N) is 1. The Hall–Kier alpha value is -0.590. The fraction of sp³-hybridized carbons (Fsp3) is 0.733. The van der Waals surface area contributed by atoms with E-state index >= 15 is 0 Å². The molecule has 1 aliphatic rings. The molecule has 21 heavy (non-hydrogen) atoms. The van der Waals surface area contributed by atoms with Gasteiger partial charge in [0.05, 0.1) is 6.54 Å². The zero-order valence-electron chi connectivity index (χ0n) is 12.3. The molecule has 1 saturated heterocycles. The Morgan fingerprint density at radius 3 is 2.67 bits per heavy atom. The van der Waals surface area contributed by atoms with Crippen LogP contribution in [0.5, 0.6) is 0 Å². The van der Waals surface area contributed by atoms with Crippen LogP contribution in [0.15, 0.2) is 17.5 Å². The molecule has 0 spiro atoms. The van der Waals surface area contributed by atoms with Crippen molar-refractivity contribution in [3.05, 3.63) is 22.4 Å². The van der Waals surface area contributed by atoms with Crippen molar-refractivity contribution in [1.29, 1.82) is 0 Å². The number of likely N-dealkylation sites (tertiary alicyclic amines) is 1. The summed E-state index contributed by atoms with van der Waals surface area (Å²) in [5.74, 6) is 0.484. The first-order valence-electron chi connectivity index (χ1n) is 7.49. The zero-order valence-corrected chi connectivity index (χ0v) is 13.1.